The van der Waals surface area contributed by atoms with Gasteiger partial charge >= 0.3 is 0 Å². The molecular weight excluding hydrogens is 338 g/mol. The van der Waals surface area contributed by atoms with Crippen molar-refractivity contribution in [2.24, 2.45) is 0 Å². The second-order valence-electron chi connectivity index (χ2n) is 5.51. The van der Waals surface area contributed by atoms with Crippen molar-refractivity contribution in [3.63, 3.8) is 0 Å². The molecule has 7 heteroatoms. The second-order valence-corrected chi connectivity index (χ2v) is 7.40. The molecule has 2 N–H and O–H groups in total. The van der Waals surface area contributed by atoms with Crippen LogP contribution in [0.15, 0.2) is 59.5 Å². The van der Waals surface area contributed by atoms with E-state index in [-0.39, 0.29) is 10.8 Å². The summed E-state index contributed by atoms with van der Waals surface area (Å²) in [6.07, 6.45) is 0. The Morgan fingerprint density at radius 3 is 2.40 bits per heavy atom. The topological polar surface area (TPSA) is 88.2 Å². The number of fused-ring (bicyclic) bond motifs is 1. The van der Waals surface area contributed by atoms with Crippen LogP contribution in [0, 0.1) is 6.92 Å². The highest BCUT2D eigenvalue weighted by Gasteiger charge is 2.14. The number of amides is 1. The third-order valence-corrected chi connectivity index (χ3v) is 5.21. The minimum Gasteiger partial charge on any atom is -0.322 e. The quantitative estimate of drug-likeness (QED) is 0.753. The summed E-state index contributed by atoms with van der Waals surface area (Å²) < 4.78 is 25.7. The number of carbonyl (C=O) groups is 1. The van der Waals surface area contributed by atoms with E-state index < -0.39 is 10.0 Å². The Labute approximate surface area is 146 Å². The number of nitrogens with one attached hydrogen (secondary N) is 2. The fraction of sp³-hybridized carbons (Fsp3) is 0.111. The highest BCUT2D eigenvalue weighted by molar-refractivity contribution is 7.89. The van der Waals surface area contributed by atoms with Gasteiger partial charge in [0, 0.05) is 16.8 Å². The Kier molecular flexibility index (Phi) is 4.52. The van der Waals surface area contributed by atoms with Crippen molar-refractivity contribution in [2.75, 3.05) is 12.4 Å². The van der Waals surface area contributed by atoms with Crippen LogP contribution in [0.4, 0.5) is 5.69 Å². The van der Waals surface area contributed by atoms with E-state index >= 15 is 0 Å². The Morgan fingerprint density at radius 1 is 1.04 bits per heavy atom. The number of aromatic nitrogens is 1. The van der Waals surface area contributed by atoms with Gasteiger partial charge in [-0.15, -0.1) is 0 Å². The molecule has 0 radical (unpaired) electrons. The van der Waals surface area contributed by atoms with Crippen LogP contribution in [0.25, 0.3) is 10.9 Å². The summed E-state index contributed by atoms with van der Waals surface area (Å²) in [4.78, 5) is 17.2. The number of anilines is 1. The summed E-state index contributed by atoms with van der Waals surface area (Å²) in [5.41, 5.74) is 2.54. The molecule has 3 aromatic rings. The molecule has 0 spiro atoms. The maximum absolute atomic E-state index is 12.6. The molecule has 0 bridgehead atoms. The summed E-state index contributed by atoms with van der Waals surface area (Å²) in [5, 5.41) is 3.56. The van der Waals surface area contributed by atoms with Crippen LogP contribution in [-0.4, -0.2) is 26.4 Å². The van der Waals surface area contributed by atoms with Gasteiger partial charge in [-0.2, -0.15) is 0 Å². The molecule has 0 aliphatic heterocycles. The van der Waals surface area contributed by atoms with Gasteiger partial charge in [0.1, 0.15) is 0 Å². The summed E-state index contributed by atoms with van der Waals surface area (Å²) >= 11 is 0. The van der Waals surface area contributed by atoms with Gasteiger partial charge in [0.15, 0.2) is 0 Å². The highest BCUT2D eigenvalue weighted by atomic mass is 32.2. The number of para-hydroxylation sites is 1. The summed E-state index contributed by atoms with van der Waals surface area (Å²) in [6.45, 7) is 1.83. The van der Waals surface area contributed by atoms with Crippen molar-refractivity contribution in [3.8, 4) is 0 Å². The molecule has 1 heterocycles. The summed E-state index contributed by atoms with van der Waals surface area (Å²) in [7, 11) is -2.15. The highest BCUT2D eigenvalue weighted by Crippen LogP contribution is 2.20. The monoisotopic (exact) mass is 355 g/mol. The molecule has 3 rings (SSSR count). The third-order valence-electron chi connectivity index (χ3n) is 3.78. The van der Waals surface area contributed by atoms with E-state index in [1.165, 1.54) is 19.2 Å². The van der Waals surface area contributed by atoms with Crippen LogP contribution in [0.1, 0.15) is 16.1 Å². The zero-order valence-electron chi connectivity index (χ0n) is 13.8. The maximum atomic E-state index is 12.6. The molecule has 0 fully saturated rings. The van der Waals surface area contributed by atoms with E-state index in [2.05, 4.69) is 15.0 Å². The van der Waals surface area contributed by atoms with Crippen LogP contribution >= 0.6 is 0 Å². The molecule has 0 saturated carbocycles. The van der Waals surface area contributed by atoms with E-state index in [1.807, 2.05) is 31.2 Å². The summed E-state index contributed by atoms with van der Waals surface area (Å²) in [6, 6.07) is 15.2. The largest absolute Gasteiger partial charge is 0.322 e. The lowest BCUT2D eigenvalue weighted by Gasteiger charge is -2.10. The van der Waals surface area contributed by atoms with Gasteiger partial charge in [0.05, 0.1) is 16.0 Å². The van der Waals surface area contributed by atoms with Crippen molar-refractivity contribution in [1.29, 1.82) is 0 Å². The zero-order chi connectivity index (χ0) is 18.0. The standard InChI is InChI=1S/C18H17N3O3S/c1-12-11-16(15-5-3-4-6-17(15)20-12)18(22)21-13-7-9-14(10-8-13)25(23,24)19-2/h3-11,19H,1-2H3,(H,21,22). The van der Waals surface area contributed by atoms with Crippen molar-refractivity contribution >= 4 is 32.5 Å². The number of hydrogen-bond acceptors (Lipinski definition) is 4. The molecule has 25 heavy (non-hydrogen) atoms. The average Bonchev–Trinajstić information content (AvgIpc) is 2.61. The molecular formula is C18H17N3O3S. The molecule has 1 amide bonds. The normalized spacial score (nSPS) is 11.4. The minimum atomic E-state index is -3.50. The predicted octanol–water partition coefficient (Wildman–Crippen LogP) is 2.70. The first-order valence-electron chi connectivity index (χ1n) is 7.62. The van der Waals surface area contributed by atoms with Crippen molar-refractivity contribution < 1.29 is 13.2 Å². The maximum Gasteiger partial charge on any atom is 0.256 e. The number of nitrogens with zero attached hydrogens (tertiary/aromatic N) is 1. The van der Waals surface area contributed by atoms with Gasteiger partial charge in [-0.25, -0.2) is 13.1 Å². The van der Waals surface area contributed by atoms with Crippen molar-refractivity contribution in [2.45, 2.75) is 11.8 Å². The smallest absolute Gasteiger partial charge is 0.256 e. The Morgan fingerprint density at radius 2 is 1.72 bits per heavy atom. The number of rotatable bonds is 4. The fourth-order valence-electron chi connectivity index (χ4n) is 2.53. The molecule has 2 aromatic carbocycles. The van der Waals surface area contributed by atoms with Crippen LogP contribution in [0.2, 0.25) is 0 Å². The lowest BCUT2D eigenvalue weighted by Crippen LogP contribution is -2.18. The lowest BCUT2D eigenvalue weighted by molar-refractivity contribution is 0.102. The fourth-order valence-corrected chi connectivity index (χ4v) is 3.26. The molecule has 128 valence electrons. The van der Waals surface area contributed by atoms with Crippen LogP contribution in [0.5, 0.6) is 0 Å². The predicted molar refractivity (Wildman–Crippen MR) is 97.1 cm³/mol. The van der Waals surface area contributed by atoms with E-state index in [1.54, 1.807) is 18.2 Å². The van der Waals surface area contributed by atoms with Gasteiger partial charge in [-0.1, -0.05) is 18.2 Å². The number of aryl methyl sites for hydroxylation is 1. The Hall–Kier alpha value is -2.77. The molecule has 0 saturated heterocycles. The van der Waals surface area contributed by atoms with E-state index in [0.29, 0.717) is 11.3 Å². The lowest BCUT2D eigenvalue weighted by atomic mass is 10.1. The SMILES string of the molecule is CNS(=O)(=O)c1ccc(NC(=O)c2cc(C)nc3ccccc23)cc1. The molecule has 1 aromatic heterocycles. The molecule has 0 aliphatic carbocycles. The zero-order valence-corrected chi connectivity index (χ0v) is 14.6. The third kappa shape index (κ3) is 3.52. The van der Waals surface area contributed by atoms with Gasteiger partial charge in [-0.3, -0.25) is 9.78 Å². The van der Waals surface area contributed by atoms with Crippen molar-refractivity contribution in [1.82, 2.24) is 9.71 Å². The van der Waals surface area contributed by atoms with E-state index in [4.69, 9.17) is 0 Å². The first kappa shape index (κ1) is 17.1. The minimum absolute atomic E-state index is 0.137. The molecule has 0 aliphatic rings. The van der Waals surface area contributed by atoms with Gasteiger partial charge < -0.3 is 5.32 Å². The van der Waals surface area contributed by atoms with Crippen LogP contribution in [0.3, 0.4) is 0 Å². The number of pyridine rings is 1. The molecule has 0 atom stereocenters. The number of carbonyl (C=O) groups excluding carboxylic acids is 1. The molecule has 0 unspecified atom stereocenters. The second kappa shape index (κ2) is 6.62. The summed E-state index contributed by atoms with van der Waals surface area (Å²) in [5.74, 6) is -0.272. The van der Waals surface area contributed by atoms with Gasteiger partial charge in [0.25, 0.3) is 5.91 Å². The Balaban J connectivity index is 1.91. The molecule has 6 nitrogen and oxygen atoms in total. The number of sulfonamides is 1. The Bertz CT molecular complexity index is 1040. The first-order valence-corrected chi connectivity index (χ1v) is 9.10. The van der Waals surface area contributed by atoms with E-state index in [0.717, 1.165) is 16.6 Å². The van der Waals surface area contributed by atoms with Crippen LogP contribution in [-0.2, 0) is 10.0 Å². The number of hydrogen-bond donors (Lipinski definition) is 2. The average molecular weight is 355 g/mol. The van der Waals surface area contributed by atoms with Crippen LogP contribution < -0.4 is 10.0 Å². The first-order chi connectivity index (χ1) is 11.9. The van der Waals surface area contributed by atoms with Gasteiger partial charge in [-0.05, 0) is 50.4 Å². The van der Waals surface area contributed by atoms with Crippen molar-refractivity contribution in [3.05, 3.63) is 65.9 Å². The van der Waals surface area contributed by atoms with Gasteiger partial charge in [0.2, 0.25) is 10.0 Å². The number of benzene rings is 2. The van der Waals surface area contributed by atoms with E-state index in [9.17, 15) is 13.2 Å².